The van der Waals surface area contributed by atoms with Gasteiger partial charge in [-0.3, -0.25) is 9.48 Å². The van der Waals surface area contributed by atoms with Crippen LogP contribution in [0.3, 0.4) is 0 Å². The first-order chi connectivity index (χ1) is 16.6. The zero-order chi connectivity index (χ0) is 23.2. The van der Waals surface area contributed by atoms with Crippen molar-refractivity contribution in [3.8, 4) is 11.1 Å². The Bertz CT molecular complexity index is 1380. The van der Waals surface area contributed by atoms with Crippen molar-refractivity contribution in [2.75, 3.05) is 13.1 Å². The first-order valence-corrected chi connectivity index (χ1v) is 12.3. The molecule has 0 aliphatic carbocycles. The van der Waals surface area contributed by atoms with Crippen LogP contribution >= 0.6 is 0 Å². The average molecular weight is 455 g/mol. The number of aromatic nitrogens is 4. The van der Waals surface area contributed by atoms with Crippen molar-refractivity contribution in [1.82, 2.24) is 30.0 Å². The Kier molecular flexibility index (Phi) is 5.21. The SMILES string of the molecule is CCn1cc(C(=O)N2CCc3cc(-c4cnc5[nH]cc(C)c5c4)cc(C4CCCN4)c3C2)cn1. The Hall–Kier alpha value is -3.45. The number of fused-ring (bicyclic) bond motifs is 2. The smallest absolute Gasteiger partial charge is 0.257 e. The van der Waals surface area contributed by atoms with Crippen molar-refractivity contribution in [3.63, 3.8) is 0 Å². The van der Waals surface area contributed by atoms with E-state index in [0.717, 1.165) is 43.7 Å². The van der Waals surface area contributed by atoms with Gasteiger partial charge >= 0.3 is 0 Å². The zero-order valence-electron chi connectivity index (χ0n) is 19.8. The fourth-order valence-corrected chi connectivity index (χ4v) is 5.42. The summed E-state index contributed by atoms with van der Waals surface area (Å²) in [5, 5.41) is 9.15. The lowest BCUT2D eigenvalue weighted by molar-refractivity contribution is 0.0734. The lowest BCUT2D eigenvalue weighted by Crippen LogP contribution is -2.37. The summed E-state index contributed by atoms with van der Waals surface area (Å²) in [5.41, 5.74) is 9.14. The van der Waals surface area contributed by atoms with Crippen molar-refractivity contribution in [2.24, 2.45) is 0 Å². The second-order valence-corrected chi connectivity index (χ2v) is 9.51. The fourth-order valence-electron chi connectivity index (χ4n) is 5.42. The number of hydrogen-bond donors (Lipinski definition) is 2. The molecule has 6 rings (SSSR count). The van der Waals surface area contributed by atoms with Crippen molar-refractivity contribution in [2.45, 2.75) is 52.2 Å². The molecule has 0 radical (unpaired) electrons. The third kappa shape index (κ3) is 3.60. The number of H-pyrrole nitrogens is 1. The summed E-state index contributed by atoms with van der Waals surface area (Å²) in [7, 11) is 0. The highest BCUT2D eigenvalue weighted by atomic mass is 16.2. The molecule has 1 fully saturated rings. The number of rotatable bonds is 4. The maximum absolute atomic E-state index is 13.2. The predicted molar refractivity (Wildman–Crippen MR) is 133 cm³/mol. The topological polar surface area (TPSA) is 78.8 Å². The quantitative estimate of drug-likeness (QED) is 0.480. The third-order valence-electron chi connectivity index (χ3n) is 7.38. The maximum atomic E-state index is 13.2. The molecule has 0 bridgehead atoms. The van der Waals surface area contributed by atoms with Crippen molar-refractivity contribution >= 4 is 16.9 Å². The molecule has 2 N–H and O–H groups in total. The standard InChI is InChI=1S/C27H30N6O/c1-3-33-15-21(14-31-33)27(34)32-8-6-18-9-19(10-23(24(18)16-32)25-5-4-7-28-25)20-11-22-17(2)12-29-26(22)30-13-20/h9-15,25,28H,3-8,16H2,1-2H3,(H,29,30). The van der Waals surface area contributed by atoms with Gasteiger partial charge in [0.05, 0.1) is 11.8 Å². The molecule has 1 saturated heterocycles. The predicted octanol–water partition coefficient (Wildman–Crippen LogP) is 4.38. The molecule has 2 aliphatic heterocycles. The minimum absolute atomic E-state index is 0.0670. The van der Waals surface area contributed by atoms with E-state index in [9.17, 15) is 4.79 Å². The summed E-state index contributed by atoms with van der Waals surface area (Å²) in [6.07, 6.45) is 10.7. The summed E-state index contributed by atoms with van der Waals surface area (Å²) in [6.45, 7) is 7.31. The maximum Gasteiger partial charge on any atom is 0.257 e. The van der Waals surface area contributed by atoms with Crippen LogP contribution in [0.1, 0.15) is 58.4 Å². The van der Waals surface area contributed by atoms with E-state index in [1.54, 1.807) is 6.20 Å². The van der Waals surface area contributed by atoms with Crippen molar-refractivity contribution in [1.29, 1.82) is 0 Å². The first-order valence-electron chi connectivity index (χ1n) is 12.3. The second kappa shape index (κ2) is 8.40. The van der Waals surface area contributed by atoms with Crippen LogP contribution in [0, 0.1) is 6.92 Å². The van der Waals surface area contributed by atoms with Gasteiger partial charge in [-0.15, -0.1) is 0 Å². The van der Waals surface area contributed by atoms with Gasteiger partial charge < -0.3 is 15.2 Å². The minimum atomic E-state index is 0.0670. The van der Waals surface area contributed by atoms with E-state index in [2.05, 4.69) is 45.5 Å². The number of aromatic amines is 1. The van der Waals surface area contributed by atoms with E-state index in [1.165, 1.54) is 39.6 Å². The monoisotopic (exact) mass is 454 g/mol. The first kappa shape index (κ1) is 21.1. The molecular formula is C27H30N6O. The Morgan fingerprint density at radius 1 is 1.21 bits per heavy atom. The molecule has 0 spiro atoms. The molecule has 5 heterocycles. The van der Waals surface area contributed by atoms with Crippen molar-refractivity contribution in [3.05, 3.63) is 70.8 Å². The summed E-state index contributed by atoms with van der Waals surface area (Å²) in [5.74, 6) is 0.0670. The summed E-state index contributed by atoms with van der Waals surface area (Å²) < 4.78 is 1.81. The van der Waals surface area contributed by atoms with Gasteiger partial charge in [0.2, 0.25) is 0 Å². The van der Waals surface area contributed by atoms with E-state index in [-0.39, 0.29) is 5.91 Å². The van der Waals surface area contributed by atoms with Gasteiger partial charge in [-0.25, -0.2) is 4.98 Å². The molecule has 1 atom stereocenters. The minimum Gasteiger partial charge on any atom is -0.346 e. The molecule has 1 aromatic carbocycles. The average Bonchev–Trinajstić information content (AvgIpc) is 3.64. The molecule has 7 nitrogen and oxygen atoms in total. The van der Waals surface area contributed by atoms with Crippen LogP contribution in [0.5, 0.6) is 0 Å². The Morgan fingerprint density at radius 3 is 2.91 bits per heavy atom. The molecule has 1 unspecified atom stereocenters. The number of nitrogens with zero attached hydrogens (tertiary/aromatic N) is 4. The van der Waals surface area contributed by atoms with Gasteiger partial charge in [-0.1, -0.05) is 6.07 Å². The Morgan fingerprint density at radius 2 is 2.12 bits per heavy atom. The third-order valence-corrected chi connectivity index (χ3v) is 7.38. The second-order valence-electron chi connectivity index (χ2n) is 9.51. The number of benzene rings is 1. The highest BCUT2D eigenvalue weighted by molar-refractivity contribution is 5.94. The summed E-state index contributed by atoms with van der Waals surface area (Å²) >= 11 is 0. The van der Waals surface area contributed by atoms with E-state index in [0.29, 0.717) is 18.2 Å². The van der Waals surface area contributed by atoms with Gasteiger partial charge in [0.1, 0.15) is 5.65 Å². The van der Waals surface area contributed by atoms with Crippen LogP contribution in [0.4, 0.5) is 0 Å². The van der Waals surface area contributed by atoms with Gasteiger partial charge in [0.25, 0.3) is 5.91 Å². The summed E-state index contributed by atoms with van der Waals surface area (Å²) in [6, 6.07) is 7.22. The number of hydrogen-bond acceptors (Lipinski definition) is 4. The van der Waals surface area contributed by atoms with Crippen molar-refractivity contribution < 1.29 is 4.79 Å². The van der Waals surface area contributed by atoms with Crippen LogP contribution in [-0.4, -0.2) is 43.6 Å². The van der Waals surface area contributed by atoms with Crippen LogP contribution in [0.25, 0.3) is 22.2 Å². The lowest BCUT2D eigenvalue weighted by Gasteiger charge is -2.32. The summed E-state index contributed by atoms with van der Waals surface area (Å²) in [4.78, 5) is 23.1. The Balaban J connectivity index is 1.38. The highest BCUT2D eigenvalue weighted by Crippen LogP contribution is 2.36. The largest absolute Gasteiger partial charge is 0.346 e. The van der Waals surface area contributed by atoms with E-state index in [1.807, 2.05) is 35.1 Å². The number of amides is 1. The molecule has 34 heavy (non-hydrogen) atoms. The number of nitrogens with one attached hydrogen (secondary N) is 2. The van der Waals surface area contributed by atoms with Crippen LogP contribution in [-0.2, 0) is 19.5 Å². The molecule has 4 aromatic rings. The molecular weight excluding hydrogens is 424 g/mol. The highest BCUT2D eigenvalue weighted by Gasteiger charge is 2.28. The number of carbonyl (C=O) groups is 1. The normalized spacial score (nSPS) is 17.9. The number of pyridine rings is 1. The van der Waals surface area contributed by atoms with Gasteiger partial charge in [0, 0.05) is 55.2 Å². The van der Waals surface area contributed by atoms with E-state index in [4.69, 9.17) is 0 Å². The van der Waals surface area contributed by atoms with Crippen LogP contribution in [0.2, 0.25) is 0 Å². The molecule has 7 heteroatoms. The van der Waals surface area contributed by atoms with Gasteiger partial charge in [-0.2, -0.15) is 5.10 Å². The van der Waals surface area contributed by atoms with E-state index < -0.39 is 0 Å². The molecule has 3 aromatic heterocycles. The number of carbonyl (C=O) groups excluding carboxylic acids is 1. The van der Waals surface area contributed by atoms with Gasteiger partial charge in [-0.05, 0) is 79.6 Å². The van der Waals surface area contributed by atoms with Crippen LogP contribution in [0.15, 0.2) is 43.0 Å². The lowest BCUT2D eigenvalue weighted by atomic mass is 9.87. The zero-order valence-corrected chi connectivity index (χ0v) is 19.8. The molecule has 174 valence electrons. The van der Waals surface area contributed by atoms with E-state index >= 15 is 0 Å². The fraction of sp³-hybridized carbons (Fsp3) is 0.370. The molecule has 0 saturated carbocycles. The van der Waals surface area contributed by atoms with Gasteiger partial charge in [0.15, 0.2) is 0 Å². The molecule has 1 amide bonds. The molecule has 2 aliphatic rings. The van der Waals surface area contributed by atoms with Crippen LogP contribution < -0.4 is 5.32 Å². The number of aryl methyl sites for hydroxylation is 2. The Labute approximate surface area is 199 Å².